The lowest BCUT2D eigenvalue weighted by Crippen LogP contribution is -2.27. The van der Waals surface area contributed by atoms with Crippen LogP contribution in [0, 0.1) is 0 Å². The van der Waals surface area contributed by atoms with Crippen molar-refractivity contribution >= 4 is 40.3 Å². The van der Waals surface area contributed by atoms with Crippen molar-refractivity contribution in [1.82, 2.24) is 0 Å². The second-order valence-corrected chi connectivity index (χ2v) is 6.59. The van der Waals surface area contributed by atoms with Gasteiger partial charge in [-0.2, -0.15) is 0 Å². The van der Waals surface area contributed by atoms with Gasteiger partial charge in [-0.15, -0.1) is 11.3 Å². The van der Waals surface area contributed by atoms with Gasteiger partial charge in [-0.3, -0.25) is 9.59 Å². The fourth-order valence-electron chi connectivity index (χ4n) is 2.30. The van der Waals surface area contributed by atoms with Crippen molar-refractivity contribution in [3.63, 3.8) is 0 Å². The van der Waals surface area contributed by atoms with Gasteiger partial charge in [0.25, 0.3) is 0 Å². The van der Waals surface area contributed by atoms with E-state index in [0.29, 0.717) is 15.5 Å². The highest BCUT2D eigenvalue weighted by Crippen LogP contribution is 2.38. The van der Waals surface area contributed by atoms with E-state index in [-0.39, 0.29) is 11.7 Å². The number of hydrogen-bond donors (Lipinski definition) is 1. The van der Waals surface area contributed by atoms with E-state index < -0.39 is 5.41 Å². The summed E-state index contributed by atoms with van der Waals surface area (Å²) in [6.07, 6.45) is 0. The molecule has 5 heteroatoms. The fraction of sp³-hybridized carbons (Fsp3) is 0.200. The first-order chi connectivity index (χ1) is 9.41. The highest BCUT2D eigenvalue weighted by molar-refractivity contribution is 7.13. The Morgan fingerprint density at radius 2 is 2.05 bits per heavy atom. The fourth-order valence-corrected chi connectivity index (χ4v) is 3.40. The number of carbonyl (C=O) groups excluding carboxylic acids is 2. The molecule has 1 aliphatic rings. The number of halogens is 1. The summed E-state index contributed by atoms with van der Waals surface area (Å²) < 4.78 is 0. The van der Waals surface area contributed by atoms with E-state index in [1.54, 1.807) is 29.6 Å². The Labute approximate surface area is 125 Å². The summed E-state index contributed by atoms with van der Waals surface area (Å²) in [7, 11) is 0. The third-order valence-corrected chi connectivity index (χ3v) is 4.93. The Morgan fingerprint density at radius 1 is 1.30 bits per heavy atom. The van der Waals surface area contributed by atoms with Gasteiger partial charge in [-0.25, -0.2) is 0 Å². The van der Waals surface area contributed by atoms with Crippen molar-refractivity contribution < 1.29 is 9.59 Å². The molecule has 20 heavy (non-hydrogen) atoms. The van der Waals surface area contributed by atoms with Crippen LogP contribution in [0.1, 0.15) is 34.6 Å². The van der Waals surface area contributed by atoms with E-state index in [4.69, 9.17) is 11.6 Å². The van der Waals surface area contributed by atoms with E-state index >= 15 is 0 Å². The molecular weight excluding hydrogens is 294 g/mol. The number of anilines is 1. The number of amides is 1. The van der Waals surface area contributed by atoms with Gasteiger partial charge < -0.3 is 5.32 Å². The Kier molecular flexibility index (Phi) is 2.96. The van der Waals surface area contributed by atoms with Gasteiger partial charge in [0.05, 0.1) is 15.3 Å². The van der Waals surface area contributed by atoms with Gasteiger partial charge in [0.15, 0.2) is 0 Å². The van der Waals surface area contributed by atoms with Crippen LogP contribution in [0.15, 0.2) is 29.6 Å². The van der Waals surface area contributed by atoms with Crippen LogP contribution in [0.2, 0.25) is 5.02 Å². The number of hydrogen-bond acceptors (Lipinski definition) is 3. The minimum Gasteiger partial charge on any atom is -0.325 e. The number of ketones is 1. The van der Waals surface area contributed by atoms with Crippen LogP contribution in [0.25, 0.3) is 0 Å². The van der Waals surface area contributed by atoms with Crippen molar-refractivity contribution in [2.24, 2.45) is 0 Å². The van der Waals surface area contributed by atoms with E-state index in [2.05, 4.69) is 5.32 Å². The van der Waals surface area contributed by atoms with E-state index in [9.17, 15) is 9.59 Å². The molecule has 2 aromatic rings. The van der Waals surface area contributed by atoms with Gasteiger partial charge in [-0.1, -0.05) is 11.6 Å². The van der Waals surface area contributed by atoms with Crippen molar-refractivity contribution in [1.29, 1.82) is 0 Å². The molecule has 0 atom stereocenters. The highest BCUT2D eigenvalue weighted by atomic mass is 35.5. The smallest absolute Gasteiger partial charge is 0.234 e. The van der Waals surface area contributed by atoms with E-state index in [0.717, 1.165) is 11.3 Å². The van der Waals surface area contributed by atoms with Crippen molar-refractivity contribution in [2.45, 2.75) is 19.3 Å². The van der Waals surface area contributed by atoms with E-state index in [1.165, 1.54) is 11.3 Å². The molecule has 0 fully saturated rings. The molecule has 0 radical (unpaired) electrons. The first-order valence-corrected chi connectivity index (χ1v) is 7.40. The molecule has 0 saturated carbocycles. The van der Waals surface area contributed by atoms with Crippen molar-refractivity contribution in [3.05, 3.63) is 50.7 Å². The molecule has 0 saturated heterocycles. The summed E-state index contributed by atoms with van der Waals surface area (Å²) in [5, 5.41) is 5.08. The summed E-state index contributed by atoms with van der Waals surface area (Å²) in [6.45, 7) is 3.70. The Morgan fingerprint density at radius 3 is 2.70 bits per heavy atom. The first-order valence-electron chi connectivity index (χ1n) is 6.15. The third kappa shape index (κ3) is 1.87. The van der Waals surface area contributed by atoms with Crippen LogP contribution < -0.4 is 5.32 Å². The summed E-state index contributed by atoms with van der Waals surface area (Å²) in [4.78, 5) is 24.9. The molecule has 0 unspecified atom stereocenters. The summed E-state index contributed by atoms with van der Waals surface area (Å²) in [5.74, 6) is -0.158. The van der Waals surface area contributed by atoms with Gasteiger partial charge >= 0.3 is 0 Å². The lowest BCUT2D eigenvalue weighted by atomic mass is 9.85. The first kappa shape index (κ1) is 13.3. The van der Waals surface area contributed by atoms with Crippen LogP contribution >= 0.6 is 22.9 Å². The molecule has 102 valence electrons. The number of thiophene rings is 1. The largest absolute Gasteiger partial charge is 0.325 e. The summed E-state index contributed by atoms with van der Waals surface area (Å²) in [6, 6.07) is 6.99. The normalized spacial score (nSPS) is 15.8. The third-order valence-electron chi connectivity index (χ3n) is 3.59. The van der Waals surface area contributed by atoms with Crippen LogP contribution in [-0.2, 0) is 10.2 Å². The molecule has 0 aliphatic carbocycles. The van der Waals surface area contributed by atoms with Crippen molar-refractivity contribution in [3.8, 4) is 0 Å². The molecular formula is C15H12ClNO2S. The maximum Gasteiger partial charge on any atom is 0.234 e. The minimum absolute atomic E-state index is 0.0498. The molecule has 1 aromatic carbocycles. The highest BCUT2D eigenvalue weighted by Gasteiger charge is 2.38. The summed E-state index contributed by atoms with van der Waals surface area (Å²) in [5.41, 5.74) is 1.55. The zero-order chi connectivity index (χ0) is 14.5. The number of carbonyl (C=O) groups is 2. The van der Waals surface area contributed by atoms with Crippen LogP contribution in [-0.4, -0.2) is 11.7 Å². The van der Waals surface area contributed by atoms with Crippen LogP contribution in [0.4, 0.5) is 5.69 Å². The maximum absolute atomic E-state index is 12.4. The van der Waals surface area contributed by atoms with Gasteiger partial charge in [-0.05, 0) is 49.1 Å². The minimum atomic E-state index is -0.620. The predicted molar refractivity (Wildman–Crippen MR) is 80.9 cm³/mol. The molecule has 0 bridgehead atoms. The monoisotopic (exact) mass is 305 g/mol. The van der Waals surface area contributed by atoms with E-state index in [1.807, 2.05) is 13.8 Å². The average Bonchev–Trinajstić information content (AvgIpc) is 2.92. The quantitative estimate of drug-likeness (QED) is 0.856. The summed E-state index contributed by atoms with van der Waals surface area (Å²) >= 11 is 7.33. The van der Waals surface area contributed by atoms with Crippen LogP contribution in [0.5, 0.6) is 0 Å². The second-order valence-electron chi connectivity index (χ2n) is 5.27. The molecule has 1 amide bonds. The lowest BCUT2D eigenvalue weighted by molar-refractivity contribution is -0.119. The molecule has 1 aliphatic heterocycles. The number of rotatable bonds is 2. The molecule has 2 heterocycles. The number of fused-ring (bicyclic) bond motifs is 1. The molecule has 0 spiro atoms. The van der Waals surface area contributed by atoms with Gasteiger partial charge in [0.1, 0.15) is 0 Å². The lowest BCUT2D eigenvalue weighted by Gasteiger charge is -2.15. The van der Waals surface area contributed by atoms with Gasteiger partial charge in [0, 0.05) is 11.3 Å². The molecule has 3 nitrogen and oxygen atoms in total. The van der Waals surface area contributed by atoms with Crippen molar-refractivity contribution in [2.75, 3.05) is 5.32 Å². The zero-order valence-electron chi connectivity index (χ0n) is 11.0. The van der Waals surface area contributed by atoms with Crippen LogP contribution in [0.3, 0.4) is 0 Å². The Hall–Kier alpha value is -1.65. The predicted octanol–water partition coefficient (Wildman–Crippen LogP) is 3.86. The topological polar surface area (TPSA) is 46.2 Å². The standard InChI is InChI=1S/C15H12ClNO2S/c1-15(2)9-7-8(3-4-11(9)17-14(15)19)12(18)13-10(16)5-6-20-13/h3-7H,1-2H3,(H,17,19). The second kappa shape index (κ2) is 4.43. The Bertz CT molecular complexity index is 733. The average molecular weight is 306 g/mol. The molecule has 1 N–H and O–H groups in total. The molecule has 1 aromatic heterocycles. The number of benzene rings is 1. The van der Waals surface area contributed by atoms with Gasteiger partial charge in [0.2, 0.25) is 11.7 Å². The maximum atomic E-state index is 12.4. The SMILES string of the molecule is CC1(C)C(=O)Nc2ccc(C(=O)c3sccc3Cl)cc21. The number of nitrogens with one attached hydrogen (secondary N) is 1. The Balaban J connectivity index is 2.07. The molecule has 3 rings (SSSR count). The zero-order valence-corrected chi connectivity index (χ0v) is 12.6.